The van der Waals surface area contributed by atoms with Crippen LogP contribution in [-0.4, -0.2) is 9.38 Å². The predicted octanol–water partition coefficient (Wildman–Crippen LogP) is 2.13. The molecule has 1 radical (unpaired) electrons. The Hall–Kier alpha value is -0.716. The number of imidazole rings is 1. The smallest absolute Gasteiger partial charge is 0.141 e. The van der Waals surface area contributed by atoms with Crippen molar-refractivity contribution in [3.63, 3.8) is 0 Å². The first-order chi connectivity index (χ1) is 6.72. The predicted molar refractivity (Wildman–Crippen MR) is 52.8 cm³/mol. The van der Waals surface area contributed by atoms with E-state index in [1.807, 2.05) is 6.07 Å². The minimum atomic E-state index is 0. The molecule has 0 aliphatic rings. The molecule has 0 N–H and O–H groups in total. The van der Waals surface area contributed by atoms with Gasteiger partial charge in [0.2, 0.25) is 0 Å². The number of hydrogen-bond acceptors (Lipinski definition) is 2. The van der Waals surface area contributed by atoms with E-state index in [-0.39, 0.29) is 32.7 Å². The van der Waals surface area contributed by atoms with E-state index in [0.29, 0.717) is 11.6 Å². The van der Waals surface area contributed by atoms with Crippen LogP contribution in [0.25, 0.3) is 5.65 Å². The molecular weight excluding hydrogens is 263 g/mol. The molecule has 0 atom stereocenters. The molecule has 0 aliphatic heterocycles. The van der Waals surface area contributed by atoms with Gasteiger partial charge in [0, 0.05) is 32.7 Å². The van der Waals surface area contributed by atoms with Crippen molar-refractivity contribution in [1.82, 2.24) is 9.38 Å². The molecule has 4 heteroatoms. The Morgan fingerprint density at radius 3 is 2.87 bits per heavy atom. The summed E-state index contributed by atoms with van der Waals surface area (Å²) in [6.07, 6.45) is 3.35. The number of nitriles is 1. The van der Waals surface area contributed by atoms with Gasteiger partial charge in [-0.25, -0.2) is 11.6 Å². The Morgan fingerprint density at radius 2 is 2.27 bits per heavy atom. The van der Waals surface area contributed by atoms with Crippen molar-refractivity contribution in [1.29, 1.82) is 5.26 Å². The van der Waals surface area contributed by atoms with Crippen LogP contribution in [0.3, 0.4) is 0 Å². The van der Waals surface area contributed by atoms with E-state index in [0.717, 1.165) is 11.2 Å². The zero-order valence-corrected chi connectivity index (χ0v) is 11.6. The summed E-state index contributed by atoms with van der Waals surface area (Å²) >= 11 is 0. The second kappa shape index (κ2) is 4.87. The molecule has 0 aromatic carbocycles. The maximum atomic E-state index is 8.78. The number of nitrogens with zero attached hydrogens (tertiary/aromatic N) is 3. The van der Waals surface area contributed by atoms with Crippen LogP contribution in [0, 0.1) is 17.4 Å². The van der Waals surface area contributed by atoms with Crippen molar-refractivity contribution in [3.05, 3.63) is 35.8 Å². The molecule has 0 bridgehead atoms. The van der Waals surface area contributed by atoms with Gasteiger partial charge in [0.1, 0.15) is 11.8 Å². The molecule has 0 saturated carbocycles. The van der Waals surface area contributed by atoms with Gasteiger partial charge in [-0.05, 0) is 0 Å². The zero-order chi connectivity index (χ0) is 10.1. The van der Waals surface area contributed by atoms with Crippen molar-refractivity contribution in [2.75, 3.05) is 0 Å². The monoisotopic (exact) mass is 273 g/mol. The average molecular weight is 273 g/mol. The first kappa shape index (κ1) is 12.4. The summed E-state index contributed by atoms with van der Waals surface area (Å²) in [5, 5.41) is 8.78. The number of hydrogen-bond donors (Lipinski definition) is 0. The van der Waals surface area contributed by atoms with E-state index in [9.17, 15) is 0 Å². The molecule has 0 spiro atoms. The van der Waals surface area contributed by atoms with Crippen LogP contribution in [0.4, 0.5) is 0 Å². The van der Waals surface area contributed by atoms with Crippen molar-refractivity contribution >= 4 is 5.65 Å². The SMILES string of the molecule is CC(C)c1[c-]cn2c(C#N)cnc2c1.[Y]. The first-order valence-electron chi connectivity index (χ1n) is 4.51. The number of pyridine rings is 1. The van der Waals surface area contributed by atoms with Gasteiger partial charge in [-0.2, -0.15) is 11.3 Å². The van der Waals surface area contributed by atoms with E-state index in [1.165, 1.54) is 0 Å². The van der Waals surface area contributed by atoms with E-state index < -0.39 is 0 Å². The number of rotatable bonds is 1. The molecule has 0 unspecified atom stereocenters. The normalized spacial score (nSPS) is 10.0. The molecule has 73 valence electrons. The van der Waals surface area contributed by atoms with Crippen molar-refractivity contribution in [2.24, 2.45) is 0 Å². The van der Waals surface area contributed by atoms with Crippen LogP contribution in [0.2, 0.25) is 0 Å². The third-order valence-corrected chi connectivity index (χ3v) is 2.21. The summed E-state index contributed by atoms with van der Waals surface area (Å²) in [6, 6.07) is 7.19. The van der Waals surface area contributed by atoms with E-state index in [1.54, 1.807) is 16.8 Å². The molecule has 0 amide bonds. The third kappa shape index (κ3) is 2.27. The van der Waals surface area contributed by atoms with E-state index >= 15 is 0 Å². The molecule has 0 saturated heterocycles. The fourth-order valence-electron chi connectivity index (χ4n) is 1.35. The zero-order valence-electron chi connectivity index (χ0n) is 8.73. The van der Waals surface area contributed by atoms with E-state index in [2.05, 4.69) is 31.0 Å². The molecule has 2 aromatic rings. The largest absolute Gasteiger partial charge is 0.325 e. The molecular formula is C11H10N3Y-. The summed E-state index contributed by atoms with van der Waals surface area (Å²) in [5.41, 5.74) is 2.48. The quantitative estimate of drug-likeness (QED) is 0.747. The fourth-order valence-corrected chi connectivity index (χ4v) is 1.35. The molecule has 0 fully saturated rings. The second-order valence-electron chi connectivity index (χ2n) is 3.51. The van der Waals surface area contributed by atoms with Crippen LogP contribution < -0.4 is 0 Å². The molecule has 2 heterocycles. The van der Waals surface area contributed by atoms with Gasteiger partial charge in [-0.15, -0.1) is 0 Å². The topological polar surface area (TPSA) is 41.1 Å². The van der Waals surface area contributed by atoms with Crippen molar-refractivity contribution in [2.45, 2.75) is 19.8 Å². The standard InChI is InChI=1S/C11H10N3.Y/c1-8(2)9-3-4-14-10(6-12)7-13-11(14)5-9;/h4-5,7-8H,1-2H3;/q-1;. The van der Waals surface area contributed by atoms with Gasteiger partial charge < -0.3 is 4.40 Å². The van der Waals surface area contributed by atoms with Crippen molar-refractivity contribution < 1.29 is 32.7 Å². The number of aromatic nitrogens is 2. The molecule has 3 nitrogen and oxygen atoms in total. The Labute approximate surface area is 114 Å². The fraction of sp³-hybridized carbons (Fsp3) is 0.273. The Kier molecular flexibility index (Phi) is 4.01. The average Bonchev–Trinajstić information content (AvgIpc) is 2.59. The minimum Gasteiger partial charge on any atom is -0.325 e. The minimum absolute atomic E-state index is 0. The van der Waals surface area contributed by atoms with Gasteiger partial charge in [0.05, 0.1) is 11.8 Å². The summed E-state index contributed by atoms with van der Waals surface area (Å²) in [6.45, 7) is 4.22. The molecule has 15 heavy (non-hydrogen) atoms. The van der Waals surface area contributed by atoms with E-state index in [4.69, 9.17) is 5.26 Å². The Bertz CT molecular complexity index is 508. The van der Waals surface area contributed by atoms with Gasteiger partial charge >= 0.3 is 0 Å². The summed E-state index contributed by atoms with van der Waals surface area (Å²) < 4.78 is 1.74. The third-order valence-electron chi connectivity index (χ3n) is 2.21. The summed E-state index contributed by atoms with van der Waals surface area (Å²) in [4.78, 5) is 4.15. The van der Waals surface area contributed by atoms with Crippen molar-refractivity contribution in [3.8, 4) is 6.07 Å². The molecule has 2 aromatic heterocycles. The van der Waals surface area contributed by atoms with Crippen LogP contribution in [0.5, 0.6) is 0 Å². The van der Waals surface area contributed by atoms with Gasteiger partial charge in [0.15, 0.2) is 0 Å². The van der Waals surface area contributed by atoms with Crippen LogP contribution in [0.15, 0.2) is 18.5 Å². The van der Waals surface area contributed by atoms with Crippen LogP contribution in [0.1, 0.15) is 31.0 Å². The van der Waals surface area contributed by atoms with Crippen LogP contribution >= 0.6 is 0 Å². The Balaban J connectivity index is 0.00000112. The molecule has 2 rings (SSSR count). The summed E-state index contributed by atoms with van der Waals surface area (Å²) in [5.74, 6) is 0.433. The second-order valence-corrected chi connectivity index (χ2v) is 3.51. The summed E-state index contributed by atoms with van der Waals surface area (Å²) in [7, 11) is 0. The van der Waals surface area contributed by atoms with Crippen LogP contribution in [-0.2, 0) is 32.7 Å². The van der Waals surface area contributed by atoms with Gasteiger partial charge in [-0.1, -0.05) is 26.0 Å². The Morgan fingerprint density at radius 1 is 1.53 bits per heavy atom. The first-order valence-corrected chi connectivity index (χ1v) is 4.51. The maximum absolute atomic E-state index is 8.78. The maximum Gasteiger partial charge on any atom is 0.141 e. The van der Waals surface area contributed by atoms with Gasteiger partial charge in [0.25, 0.3) is 0 Å². The number of fused-ring (bicyclic) bond motifs is 1. The van der Waals surface area contributed by atoms with Gasteiger partial charge in [-0.3, -0.25) is 4.98 Å². The molecule has 0 aliphatic carbocycles.